The lowest BCUT2D eigenvalue weighted by Gasteiger charge is -2.13. The van der Waals surface area contributed by atoms with Crippen LogP contribution in [0.2, 0.25) is 0 Å². The first-order valence-corrected chi connectivity index (χ1v) is 10.8. The van der Waals surface area contributed by atoms with Crippen molar-refractivity contribution in [3.05, 3.63) is 89.9 Å². The van der Waals surface area contributed by atoms with E-state index in [1.165, 1.54) is 36.5 Å². The minimum atomic E-state index is -4.80. The number of carbonyl (C=O) groups excluding carboxylic acids is 1. The largest absolute Gasteiger partial charge is 0.449 e. The first kappa shape index (κ1) is 21.6. The van der Waals surface area contributed by atoms with Crippen molar-refractivity contribution in [1.82, 2.24) is 10.3 Å². The molecule has 0 aliphatic rings. The Kier molecular flexibility index (Phi) is 5.47. The van der Waals surface area contributed by atoms with E-state index in [1.807, 2.05) is 0 Å². The van der Waals surface area contributed by atoms with E-state index in [1.54, 1.807) is 18.3 Å². The van der Waals surface area contributed by atoms with E-state index < -0.39 is 32.4 Å². The summed E-state index contributed by atoms with van der Waals surface area (Å²) in [4.78, 5) is 15.1. The van der Waals surface area contributed by atoms with Crippen molar-refractivity contribution in [2.45, 2.75) is 22.5 Å². The molecule has 10 heteroatoms. The molecule has 0 spiro atoms. The molecular formula is C22H15F3N2O4S. The number of sulfone groups is 1. The number of furan rings is 1. The van der Waals surface area contributed by atoms with Crippen LogP contribution in [0.4, 0.5) is 13.2 Å². The summed E-state index contributed by atoms with van der Waals surface area (Å²) in [7, 11) is -4.39. The zero-order valence-electron chi connectivity index (χ0n) is 16.3. The summed E-state index contributed by atoms with van der Waals surface area (Å²) in [5, 5.41) is 3.36. The summed E-state index contributed by atoms with van der Waals surface area (Å²) in [5.74, 6) is -0.382. The molecule has 2 aromatic heterocycles. The highest BCUT2D eigenvalue weighted by Crippen LogP contribution is 2.36. The number of rotatable bonds is 5. The predicted octanol–water partition coefficient (Wildman–Crippen LogP) is 4.61. The van der Waals surface area contributed by atoms with Crippen LogP contribution < -0.4 is 5.32 Å². The van der Waals surface area contributed by atoms with Crippen LogP contribution in [0, 0.1) is 0 Å². The number of hydrogen-bond donors (Lipinski definition) is 1. The highest BCUT2D eigenvalue weighted by molar-refractivity contribution is 7.91. The molecule has 2 heterocycles. The highest BCUT2D eigenvalue weighted by atomic mass is 32.2. The first-order chi connectivity index (χ1) is 15.2. The van der Waals surface area contributed by atoms with Gasteiger partial charge in [-0.15, -0.1) is 0 Å². The third kappa shape index (κ3) is 4.22. The second-order valence-corrected chi connectivity index (χ2v) is 8.77. The molecule has 0 saturated carbocycles. The Labute approximate surface area is 180 Å². The quantitative estimate of drug-likeness (QED) is 0.470. The molecule has 0 bridgehead atoms. The van der Waals surface area contributed by atoms with Gasteiger partial charge in [0, 0.05) is 18.1 Å². The molecule has 0 saturated heterocycles. The van der Waals surface area contributed by atoms with Crippen molar-refractivity contribution in [3.8, 4) is 0 Å². The Balaban J connectivity index is 1.50. The minimum Gasteiger partial charge on any atom is -0.449 e. The Morgan fingerprint density at radius 2 is 1.75 bits per heavy atom. The second kappa shape index (κ2) is 8.12. The first-order valence-electron chi connectivity index (χ1n) is 9.28. The van der Waals surface area contributed by atoms with E-state index in [2.05, 4.69) is 10.3 Å². The second-order valence-electron chi connectivity index (χ2n) is 6.85. The van der Waals surface area contributed by atoms with E-state index in [4.69, 9.17) is 4.42 Å². The minimum absolute atomic E-state index is 0.0631. The van der Waals surface area contributed by atoms with E-state index >= 15 is 0 Å². The van der Waals surface area contributed by atoms with Gasteiger partial charge in [-0.2, -0.15) is 13.2 Å². The van der Waals surface area contributed by atoms with E-state index in [-0.39, 0.29) is 17.2 Å². The molecule has 0 atom stereocenters. The van der Waals surface area contributed by atoms with Crippen LogP contribution in [-0.4, -0.2) is 19.3 Å². The van der Waals surface area contributed by atoms with Gasteiger partial charge in [-0.1, -0.05) is 24.3 Å². The molecule has 164 valence electrons. The van der Waals surface area contributed by atoms with Gasteiger partial charge in [0.1, 0.15) is 0 Å². The maximum atomic E-state index is 13.2. The monoisotopic (exact) mass is 460 g/mol. The smallest absolute Gasteiger partial charge is 0.417 e. The van der Waals surface area contributed by atoms with Gasteiger partial charge < -0.3 is 9.73 Å². The normalized spacial score (nSPS) is 12.1. The summed E-state index contributed by atoms with van der Waals surface area (Å²) in [6, 6.07) is 12.5. The summed E-state index contributed by atoms with van der Waals surface area (Å²) in [6.07, 6.45) is -1.74. The number of hydrogen-bond acceptors (Lipinski definition) is 5. The number of nitrogens with one attached hydrogen (secondary N) is 1. The highest BCUT2D eigenvalue weighted by Gasteiger charge is 2.37. The molecule has 4 rings (SSSR count). The average Bonchev–Trinajstić information content (AvgIpc) is 3.22. The standard InChI is InChI=1S/C22H15F3N2O4S/c23-22(24,25)17-3-1-2-4-20(17)32(29,30)16-7-5-14(6-8-16)12-27-21(28)18-11-15-9-10-26-13-19(15)31-18/h1-11,13H,12H2,(H,27,28). The molecule has 0 fully saturated rings. The van der Waals surface area contributed by atoms with Gasteiger partial charge in [0.05, 0.1) is 21.6 Å². The van der Waals surface area contributed by atoms with E-state index in [9.17, 15) is 26.4 Å². The number of benzene rings is 2. The van der Waals surface area contributed by atoms with Gasteiger partial charge in [-0.25, -0.2) is 8.42 Å². The van der Waals surface area contributed by atoms with Gasteiger partial charge in [0.2, 0.25) is 9.84 Å². The van der Waals surface area contributed by atoms with Crippen LogP contribution in [0.5, 0.6) is 0 Å². The van der Waals surface area contributed by atoms with Crippen LogP contribution in [0.1, 0.15) is 21.7 Å². The predicted molar refractivity (Wildman–Crippen MR) is 109 cm³/mol. The van der Waals surface area contributed by atoms with Gasteiger partial charge in [0.15, 0.2) is 11.3 Å². The maximum absolute atomic E-state index is 13.2. The Morgan fingerprint density at radius 3 is 2.44 bits per heavy atom. The average molecular weight is 460 g/mol. The van der Waals surface area contributed by atoms with Crippen LogP contribution in [0.15, 0.2) is 87.3 Å². The molecule has 0 unspecified atom stereocenters. The molecule has 1 N–H and O–H groups in total. The van der Waals surface area contributed by atoms with Crippen LogP contribution in [-0.2, 0) is 22.6 Å². The number of carbonyl (C=O) groups is 1. The summed E-state index contributed by atoms with van der Waals surface area (Å²) >= 11 is 0. The SMILES string of the molecule is O=C(NCc1ccc(S(=O)(=O)c2ccccc2C(F)(F)F)cc1)c1cc2ccncc2o1. The zero-order chi connectivity index (χ0) is 22.9. The molecular weight excluding hydrogens is 445 g/mol. The number of nitrogens with zero attached hydrogens (tertiary/aromatic N) is 1. The van der Waals surface area contributed by atoms with Gasteiger partial charge >= 0.3 is 6.18 Å². The fourth-order valence-corrected chi connectivity index (χ4v) is 4.59. The van der Waals surface area contributed by atoms with E-state index in [0.29, 0.717) is 11.1 Å². The number of pyridine rings is 1. The van der Waals surface area contributed by atoms with Crippen molar-refractivity contribution in [3.63, 3.8) is 0 Å². The fraction of sp³-hybridized carbons (Fsp3) is 0.0909. The Morgan fingerprint density at radius 1 is 1.03 bits per heavy atom. The van der Waals surface area contributed by atoms with Crippen LogP contribution in [0.25, 0.3) is 11.0 Å². The van der Waals surface area contributed by atoms with Gasteiger partial charge in [-0.05, 0) is 42.0 Å². The third-order valence-electron chi connectivity index (χ3n) is 4.72. The van der Waals surface area contributed by atoms with Crippen molar-refractivity contribution in [2.24, 2.45) is 0 Å². The third-order valence-corrected chi connectivity index (χ3v) is 6.54. The van der Waals surface area contributed by atoms with E-state index in [0.717, 1.165) is 23.6 Å². The number of aromatic nitrogens is 1. The Hall–Kier alpha value is -3.66. The van der Waals surface area contributed by atoms with Crippen molar-refractivity contribution < 1.29 is 30.8 Å². The topological polar surface area (TPSA) is 89.3 Å². The Bertz CT molecular complexity index is 1360. The molecule has 6 nitrogen and oxygen atoms in total. The number of halogens is 3. The zero-order valence-corrected chi connectivity index (χ0v) is 17.1. The fourth-order valence-electron chi connectivity index (χ4n) is 3.11. The summed E-state index contributed by atoms with van der Waals surface area (Å²) < 4.78 is 70.6. The summed E-state index contributed by atoms with van der Waals surface area (Å²) in [5.41, 5.74) is -0.206. The van der Waals surface area contributed by atoms with Crippen LogP contribution >= 0.6 is 0 Å². The van der Waals surface area contributed by atoms with Gasteiger partial charge in [-0.3, -0.25) is 9.78 Å². The van der Waals surface area contributed by atoms with Crippen molar-refractivity contribution in [2.75, 3.05) is 0 Å². The lowest BCUT2D eigenvalue weighted by atomic mass is 10.2. The molecule has 0 aliphatic carbocycles. The van der Waals surface area contributed by atoms with Gasteiger partial charge in [0.25, 0.3) is 5.91 Å². The number of alkyl halides is 3. The lowest BCUT2D eigenvalue weighted by molar-refractivity contribution is -0.139. The molecule has 1 amide bonds. The number of fused-ring (bicyclic) bond motifs is 1. The molecule has 32 heavy (non-hydrogen) atoms. The molecule has 2 aromatic carbocycles. The van der Waals surface area contributed by atoms with Crippen LogP contribution in [0.3, 0.4) is 0 Å². The molecule has 4 aromatic rings. The maximum Gasteiger partial charge on any atom is 0.417 e. The molecule has 0 radical (unpaired) electrons. The van der Waals surface area contributed by atoms with Crippen molar-refractivity contribution in [1.29, 1.82) is 0 Å². The van der Waals surface area contributed by atoms with Crippen molar-refractivity contribution >= 4 is 26.7 Å². The lowest BCUT2D eigenvalue weighted by Crippen LogP contribution is -2.22. The summed E-state index contributed by atoms with van der Waals surface area (Å²) in [6.45, 7) is 0.0631. The number of amides is 1. The molecule has 0 aliphatic heterocycles.